The Morgan fingerprint density at radius 2 is 1.97 bits per heavy atom. The molecule has 0 unspecified atom stereocenters. The van der Waals surface area contributed by atoms with Crippen LogP contribution in [0.1, 0.15) is 11.1 Å². The van der Waals surface area contributed by atoms with E-state index in [2.05, 4.69) is 34.3 Å². The molecule has 30 heavy (non-hydrogen) atoms. The van der Waals surface area contributed by atoms with E-state index in [1.807, 2.05) is 4.90 Å². The average molecular weight is 409 g/mol. The first-order valence-electron chi connectivity index (χ1n) is 10.0. The van der Waals surface area contributed by atoms with E-state index in [4.69, 9.17) is 14.2 Å². The molecule has 0 aliphatic carbocycles. The number of carbonyl (C=O) groups excluding carboxylic acids is 1. The van der Waals surface area contributed by atoms with Crippen molar-refractivity contribution in [1.82, 2.24) is 9.47 Å². The Balaban J connectivity index is 1.56. The lowest BCUT2D eigenvalue weighted by atomic mass is 10.1. The minimum atomic E-state index is -0.145. The van der Waals surface area contributed by atoms with Crippen LogP contribution in [-0.2, 0) is 24.2 Å². The molecule has 2 amide bonds. The summed E-state index contributed by atoms with van der Waals surface area (Å²) in [5.41, 5.74) is 4.25. The van der Waals surface area contributed by atoms with Crippen LogP contribution < -0.4 is 14.8 Å². The van der Waals surface area contributed by atoms with Crippen molar-refractivity contribution >= 4 is 22.6 Å². The van der Waals surface area contributed by atoms with Crippen LogP contribution in [0.3, 0.4) is 0 Å². The second kappa shape index (κ2) is 8.67. The van der Waals surface area contributed by atoms with E-state index in [0.717, 1.165) is 18.5 Å². The molecule has 2 heterocycles. The van der Waals surface area contributed by atoms with Gasteiger partial charge in [0.2, 0.25) is 0 Å². The van der Waals surface area contributed by atoms with Crippen molar-refractivity contribution in [3.8, 4) is 11.5 Å². The molecule has 4 rings (SSSR count). The van der Waals surface area contributed by atoms with Gasteiger partial charge in [-0.25, -0.2) is 4.79 Å². The largest absolute Gasteiger partial charge is 0.497 e. The first-order valence-corrected chi connectivity index (χ1v) is 10.0. The van der Waals surface area contributed by atoms with Gasteiger partial charge >= 0.3 is 6.03 Å². The third-order valence-corrected chi connectivity index (χ3v) is 5.56. The quantitative estimate of drug-likeness (QED) is 0.671. The number of ether oxygens (including phenoxy) is 3. The van der Waals surface area contributed by atoms with Crippen LogP contribution in [0.15, 0.2) is 42.6 Å². The van der Waals surface area contributed by atoms with Crippen LogP contribution in [0.25, 0.3) is 10.9 Å². The van der Waals surface area contributed by atoms with Crippen molar-refractivity contribution in [3.05, 3.63) is 53.7 Å². The van der Waals surface area contributed by atoms with Crippen molar-refractivity contribution in [2.45, 2.75) is 19.5 Å². The van der Waals surface area contributed by atoms with E-state index in [9.17, 15) is 4.79 Å². The van der Waals surface area contributed by atoms with Gasteiger partial charge < -0.3 is 29.0 Å². The highest BCUT2D eigenvalue weighted by Crippen LogP contribution is 2.32. The second-order valence-corrected chi connectivity index (χ2v) is 7.32. The number of anilines is 1. The van der Waals surface area contributed by atoms with E-state index >= 15 is 0 Å². The number of urea groups is 1. The minimum Gasteiger partial charge on any atom is -0.497 e. The van der Waals surface area contributed by atoms with Crippen LogP contribution >= 0.6 is 0 Å². The number of methoxy groups -OCH3 is 3. The number of hydrogen-bond donors (Lipinski definition) is 1. The monoisotopic (exact) mass is 409 g/mol. The molecule has 158 valence electrons. The standard InChI is InChI=1S/C23H27N3O4/c1-28-12-11-25-14-17-9-10-26(15-16-5-4-6-20(25)22(16)17)23(27)24-19-8-7-18(29-2)13-21(19)30-3/h4-8,13-14H,9-12,15H2,1-3H3,(H,24,27). The topological polar surface area (TPSA) is 65.0 Å². The molecule has 1 aromatic heterocycles. The lowest BCUT2D eigenvalue weighted by Crippen LogP contribution is -2.35. The fourth-order valence-electron chi connectivity index (χ4n) is 4.02. The third kappa shape index (κ3) is 3.80. The van der Waals surface area contributed by atoms with E-state index < -0.39 is 0 Å². The predicted octanol–water partition coefficient (Wildman–Crippen LogP) is 3.90. The number of benzene rings is 2. The number of aromatic nitrogens is 1. The van der Waals surface area contributed by atoms with Gasteiger partial charge in [0.25, 0.3) is 0 Å². The number of carbonyl (C=O) groups is 1. The minimum absolute atomic E-state index is 0.145. The first kappa shape index (κ1) is 20.1. The molecule has 1 aliphatic rings. The Hall–Kier alpha value is -3.19. The molecular weight excluding hydrogens is 382 g/mol. The highest BCUT2D eigenvalue weighted by Gasteiger charge is 2.23. The molecule has 0 fully saturated rings. The Bertz CT molecular complexity index is 1060. The number of nitrogens with zero attached hydrogens (tertiary/aromatic N) is 2. The molecule has 3 aromatic rings. The summed E-state index contributed by atoms with van der Waals surface area (Å²) in [5, 5.41) is 4.24. The van der Waals surface area contributed by atoms with Crippen LogP contribution in [0.2, 0.25) is 0 Å². The maximum absolute atomic E-state index is 13.0. The zero-order valence-electron chi connectivity index (χ0n) is 17.6. The van der Waals surface area contributed by atoms with E-state index in [-0.39, 0.29) is 6.03 Å². The molecular formula is C23H27N3O4. The maximum atomic E-state index is 13.0. The molecule has 1 N–H and O–H groups in total. The second-order valence-electron chi connectivity index (χ2n) is 7.32. The zero-order chi connectivity index (χ0) is 21.1. The summed E-state index contributed by atoms with van der Waals surface area (Å²) < 4.78 is 18.1. The zero-order valence-corrected chi connectivity index (χ0v) is 17.6. The average Bonchev–Trinajstić information content (AvgIpc) is 3.02. The van der Waals surface area contributed by atoms with Crippen molar-refractivity contribution in [2.75, 3.05) is 39.8 Å². The summed E-state index contributed by atoms with van der Waals surface area (Å²) in [6.45, 7) is 2.69. The smallest absolute Gasteiger partial charge is 0.322 e. The Morgan fingerprint density at radius 1 is 1.10 bits per heavy atom. The van der Waals surface area contributed by atoms with E-state index in [1.165, 1.54) is 16.5 Å². The summed E-state index contributed by atoms with van der Waals surface area (Å²) in [4.78, 5) is 14.9. The fourth-order valence-corrected chi connectivity index (χ4v) is 4.02. The Morgan fingerprint density at radius 3 is 2.73 bits per heavy atom. The normalized spacial score (nSPS) is 13.2. The Labute approximate surface area is 176 Å². The summed E-state index contributed by atoms with van der Waals surface area (Å²) in [7, 11) is 4.89. The number of hydrogen-bond acceptors (Lipinski definition) is 4. The van der Waals surface area contributed by atoms with Gasteiger partial charge in [-0.1, -0.05) is 12.1 Å². The molecule has 0 radical (unpaired) electrons. The SMILES string of the molecule is COCCn1cc2c3c(cccc31)CN(C(=O)Nc1ccc(OC)cc1OC)CC2. The summed E-state index contributed by atoms with van der Waals surface area (Å²) in [6.07, 6.45) is 3.00. The highest BCUT2D eigenvalue weighted by molar-refractivity contribution is 5.93. The van der Waals surface area contributed by atoms with Crippen molar-refractivity contribution < 1.29 is 19.0 Å². The van der Waals surface area contributed by atoms with Crippen LogP contribution in [0.5, 0.6) is 11.5 Å². The molecule has 0 saturated carbocycles. The van der Waals surface area contributed by atoms with Crippen molar-refractivity contribution in [1.29, 1.82) is 0 Å². The lowest BCUT2D eigenvalue weighted by molar-refractivity contribution is 0.188. The molecule has 0 bridgehead atoms. The number of rotatable bonds is 6. The summed E-state index contributed by atoms with van der Waals surface area (Å²) in [5.74, 6) is 1.24. The molecule has 7 heteroatoms. The van der Waals surface area contributed by atoms with Gasteiger partial charge in [-0.2, -0.15) is 0 Å². The summed E-state index contributed by atoms with van der Waals surface area (Å²) in [6, 6.07) is 11.5. The van der Waals surface area contributed by atoms with Crippen molar-refractivity contribution in [2.24, 2.45) is 0 Å². The van der Waals surface area contributed by atoms with Gasteiger partial charge in [0.1, 0.15) is 11.5 Å². The molecule has 0 saturated heterocycles. The first-order chi connectivity index (χ1) is 14.6. The van der Waals surface area contributed by atoms with Crippen molar-refractivity contribution in [3.63, 3.8) is 0 Å². The maximum Gasteiger partial charge on any atom is 0.322 e. The number of amides is 2. The molecule has 1 aliphatic heterocycles. The van der Waals surface area contributed by atoms with Crippen LogP contribution in [-0.4, -0.2) is 50.0 Å². The summed E-state index contributed by atoms with van der Waals surface area (Å²) >= 11 is 0. The predicted molar refractivity (Wildman–Crippen MR) is 116 cm³/mol. The van der Waals surface area contributed by atoms with Gasteiger partial charge in [-0.15, -0.1) is 0 Å². The molecule has 2 aromatic carbocycles. The van der Waals surface area contributed by atoms with Crippen LogP contribution in [0, 0.1) is 0 Å². The Kier molecular flexibility index (Phi) is 5.81. The number of nitrogens with one attached hydrogen (secondary N) is 1. The van der Waals surface area contributed by atoms with E-state index in [1.54, 1.807) is 39.5 Å². The van der Waals surface area contributed by atoms with Gasteiger partial charge in [-0.3, -0.25) is 0 Å². The van der Waals surface area contributed by atoms with Gasteiger partial charge in [0, 0.05) is 49.9 Å². The van der Waals surface area contributed by atoms with Crippen LogP contribution in [0.4, 0.5) is 10.5 Å². The molecule has 0 spiro atoms. The molecule has 0 atom stereocenters. The molecule has 7 nitrogen and oxygen atoms in total. The van der Waals surface area contributed by atoms with Gasteiger partial charge in [0.05, 0.1) is 26.5 Å². The van der Waals surface area contributed by atoms with Gasteiger partial charge in [-0.05, 0) is 35.7 Å². The van der Waals surface area contributed by atoms with Gasteiger partial charge in [0.15, 0.2) is 0 Å². The third-order valence-electron chi connectivity index (χ3n) is 5.56. The lowest BCUT2D eigenvalue weighted by Gasteiger charge is -2.22. The fraction of sp³-hybridized carbons (Fsp3) is 0.348. The highest BCUT2D eigenvalue weighted by atomic mass is 16.5. The van der Waals surface area contributed by atoms with E-state index in [0.29, 0.717) is 36.9 Å².